The average Bonchev–Trinajstić information content (AvgIpc) is 2.35. The fourth-order valence-electron chi connectivity index (χ4n) is 3.24. The van der Waals surface area contributed by atoms with Crippen LogP contribution in [0.5, 0.6) is 0 Å². The molecule has 0 aliphatic heterocycles. The van der Waals surface area contributed by atoms with Gasteiger partial charge in [0, 0.05) is 16.7 Å². The summed E-state index contributed by atoms with van der Waals surface area (Å²) in [7, 11) is 0. The quantitative estimate of drug-likeness (QED) is 0.832. The van der Waals surface area contributed by atoms with Crippen molar-refractivity contribution < 1.29 is 4.39 Å². The van der Waals surface area contributed by atoms with Crippen LogP contribution in [0.15, 0.2) is 29.2 Å². The minimum Gasteiger partial charge on any atom is -0.327 e. The topological polar surface area (TPSA) is 26.0 Å². The van der Waals surface area contributed by atoms with E-state index < -0.39 is 0 Å². The van der Waals surface area contributed by atoms with Crippen LogP contribution in [0.25, 0.3) is 0 Å². The maximum Gasteiger partial charge on any atom is 0.124 e. The standard InChI is InChI=1S/C16H24FNS/c1-11-6-12(2)8-13(7-11)16(18)10-19-15-5-3-4-14(17)9-15/h3-5,9,11-13,16H,6-8,10,18H2,1-2H3. The molecular weight excluding hydrogens is 257 g/mol. The second-order valence-corrected chi connectivity index (χ2v) is 7.20. The third-order valence-corrected chi connectivity index (χ3v) is 5.20. The van der Waals surface area contributed by atoms with E-state index in [9.17, 15) is 4.39 Å². The first kappa shape index (κ1) is 14.9. The summed E-state index contributed by atoms with van der Waals surface area (Å²) in [6, 6.07) is 7.00. The second-order valence-electron chi connectivity index (χ2n) is 6.11. The monoisotopic (exact) mass is 281 g/mol. The Balaban J connectivity index is 1.85. The number of thioether (sulfide) groups is 1. The molecule has 0 spiro atoms. The molecular formula is C16H24FNS. The van der Waals surface area contributed by atoms with Gasteiger partial charge in [-0.15, -0.1) is 11.8 Å². The van der Waals surface area contributed by atoms with E-state index in [1.165, 1.54) is 25.3 Å². The van der Waals surface area contributed by atoms with Crippen molar-refractivity contribution in [2.45, 2.75) is 44.0 Å². The van der Waals surface area contributed by atoms with Crippen molar-refractivity contribution in [2.24, 2.45) is 23.5 Å². The van der Waals surface area contributed by atoms with Gasteiger partial charge in [-0.3, -0.25) is 0 Å². The van der Waals surface area contributed by atoms with Crippen LogP contribution in [0.3, 0.4) is 0 Å². The Morgan fingerprint density at radius 2 is 1.95 bits per heavy atom. The lowest BCUT2D eigenvalue weighted by Gasteiger charge is -2.34. The summed E-state index contributed by atoms with van der Waals surface area (Å²) >= 11 is 1.67. The van der Waals surface area contributed by atoms with Gasteiger partial charge in [0.15, 0.2) is 0 Å². The number of rotatable bonds is 4. The Morgan fingerprint density at radius 1 is 1.26 bits per heavy atom. The molecule has 1 aromatic rings. The van der Waals surface area contributed by atoms with Gasteiger partial charge < -0.3 is 5.73 Å². The van der Waals surface area contributed by atoms with E-state index in [0.29, 0.717) is 5.92 Å². The van der Waals surface area contributed by atoms with Gasteiger partial charge in [0.25, 0.3) is 0 Å². The molecule has 1 nitrogen and oxygen atoms in total. The highest BCUT2D eigenvalue weighted by atomic mass is 32.2. The molecule has 0 radical (unpaired) electrons. The first-order chi connectivity index (χ1) is 9.04. The molecule has 2 N–H and O–H groups in total. The fraction of sp³-hybridized carbons (Fsp3) is 0.625. The van der Waals surface area contributed by atoms with Crippen LogP contribution in [-0.4, -0.2) is 11.8 Å². The summed E-state index contributed by atoms with van der Waals surface area (Å²) in [5.74, 6) is 2.92. The van der Waals surface area contributed by atoms with Crippen molar-refractivity contribution in [3.05, 3.63) is 30.1 Å². The van der Waals surface area contributed by atoms with Crippen molar-refractivity contribution in [1.82, 2.24) is 0 Å². The SMILES string of the molecule is CC1CC(C)CC(C(N)CSc2cccc(F)c2)C1. The first-order valence-corrected chi connectivity index (χ1v) is 8.17. The van der Waals surface area contributed by atoms with E-state index in [4.69, 9.17) is 5.73 Å². The lowest BCUT2D eigenvalue weighted by atomic mass is 9.74. The molecule has 1 aliphatic carbocycles. The van der Waals surface area contributed by atoms with E-state index >= 15 is 0 Å². The van der Waals surface area contributed by atoms with Crippen LogP contribution in [0, 0.1) is 23.6 Å². The molecule has 1 aromatic carbocycles. The zero-order valence-electron chi connectivity index (χ0n) is 11.8. The van der Waals surface area contributed by atoms with Crippen LogP contribution in [-0.2, 0) is 0 Å². The molecule has 106 valence electrons. The van der Waals surface area contributed by atoms with Crippen molar-refractivity contribution >= 4 is 11.8 Å². The van der Waals surface area contributed by atoms with Crippen LogP contribution < -0.4 is 5.73 Å². The largest absolute Gasteiger partial charge is 0.327 e. The number of nitrogens with two attached hydrogens (primary N) is 1. The normalized spacial score (nSPS) is 29.2. The molecule has 0 amide bonds. The fourth-order valence-corrected chi connectivity index (χ4v) is 4.27. The Labute approximate surface area is 120 Å². The summed E-state index contributed by atoms with van der Waals surface area (Å²) in [4.78, 5) is 0.979. The summed E-state index contributed by atoms with van der Waals surface area (Å²) in [6.07, 6.45) is 3.82. The second kappa shape index (κ2) is 6.76. The van der Waals surface area contributed by atoms with Crippen LogP contribution in [0.1, 0.15) is 33.1 Å². The van der Waals surface area contributed by atoms with Gasteiger partial charge in [0.05, 0.1) is 0 Å². The molecule has 1 saturated carbocycles. The van der Waals surface area contributed by atoms with Crippen molar-refractivity contribution in [3.8, 4) is 0 Å². The Hall–Kier alpha value is -0.540. The minimum absolute atomic E-state index is 0.168. The van der Waals surface area contributed by atoms with Gasteiger partial charge in [-0.2, -0.15) is 0 Å². The van der Waals surface area contributed by atoms with E-state index in [1.807, 2.05) is 6.07 Å². The van der Waals surface area contributed by atoms with Gasteiger partial charge in [-0.25, -0.2) is 4.39 Å². The predicted octanol–water partition coefficient (Wildman–Crippen LogP) is 4.32. The van der Waals surface area contributed by atoms with E-state index in [0.717, 1.165) is 22.5 Å². The van der Waals surface area contributed by atoms with Gasteiger partial charge in [0.1, 0.15) is 5.82 Å². The van der Waals surface area contributed by atoms with Crippen molar-refractivity contribution in [1.29, 1.82) is 0 Å². The molecule has 2 rings (SSSR count). The van der Waals surface area contributed by atoms with Crippen LogP contribution in [0.4, 0.5) is 4.39 Å². The zero-order chi connectivity index (χ0) is 13.8. The smallest absolute Gasteiger partial charge is 0.124 e. The molecule has 0 bridgehead atoms. The Morgan fingerprint density at radius 3 is 2.58 bits per heavy atom. The molecule has 3 atom stereocenters. The molecule has 1 aliphatic rings. The highest BCUT2D eigenvalue weighted by Crippen LogP contribution is 2.35. The van der Waals surface area contributed by atoms with Gasteiger partial charge >= 0.3 is 0 Å². The van der Waals surface area contributed by atoms with Crippen LogP contribution >= 0.6 is 11.8 Å². The number of hydrogen-bond acceptors (Lipinski definition) is 2. The van der Waals surface area contributed by atoms with E-state index in [2.05, 4.69) is 13.8 Å². The van der Waals surface area contributed by atoms with Crippen LogP contribution in [0.2, 0.25) is 0 Å². The molecule has 0 heterocycles. The molecule has 0 aromatic heterocycles. The highest BCUT2D eigenvalue weighted by molar-refractivity contribution is 7.99. The van der Waals surface area contributed by atoms with E-state index in [-0.39, 0.29) is 11.9 Å². The molecule has 3 unspecified atom stereocenters. The van der Waals surface area contributed by atoms with Gasteiger partial charge in [0.2, 0.25) is 0 Å². The Kier molecular flexibility index (Phi) is 5.28. The average molecular weight is 281 g/mol. The Bertz CT molecular complexity index is 399. The summed E-state index contributed by atoms with van der Waals surface area (Å²) < 4.78 is 13.1. The summed E-state index contributed by atoms with van der Waals surface area (Å²) in [5.41, 5.74) is 6.34. The van der Waals surface area contributed by atoms with Crippen molar-refractivity contribution in [2.75, 3.05) is 5.75 Å². The maximum atomic E-state index is 13.1. The maximum absolute atomic E-state index is 13.1. The van der Waals surface area contributed by atoms with Gasteiger partial charge in [-0.1, -0.05) is 19.9 Å². The molecule has 1 fully saturated rings. The minimum atomic E-state index is -0.168. The molecule has 19 heavy (non-hydrogen) atoms. The summed E-state index contributed by atoms with van der Waals surface area (Å²) in [6.45, 7) is 4.66. The number of halogens is 1. The number of hydrogen-bond donors (Lipinski definition) is 1. The zero-order valence-corrected chi connectivity index (χ0v) is 12.6. The van der Waals surface area contributed by atoms with Gasteiger partial charge in [-0.05, 0) is 55.2 Å². The van der Waals surface area contributed by atoms with Crippen molar-refractivity contribution in [3.63, 3.8) is 0 Å². The predicted molar refractivity (Wildman–Crippen MR) is 80.8 cm³/mol. The van der Waals surface area contributed by atoms with E-state index in [1.54, 1.807) is 23.9 Å². The first-order valence-electron chi connectivity index (χ1n) is 7.18. The highest BCUT2D eigenvalue weighted by Gasteiger charge is 2.28. The number of benzene rings is 1. The summed E-state index contributed by atoms with van der Waals surface area (Å²) in [5, 5.41) is 0. The third-order valence-electron chi connectivity index (χ3n) is 4.06. The molecule has 3 heteroatoms. The lowest BCUT2D eigenvalue weighted by Crippen LogP contribution is -2.37. The third kappa shape index (κ3) is 4.50. The lowest BCUT2D eigenvalue weighted by molar-refractivity contribution is 0.200. The molecule has 0 saturated heterocycles.